The second kappa shape index (κ2) is 6.57. The normalized spacial score (nSPS) is 20.5. The highest BCUT2D eigenvalue weighted by Gasteiger charge is 2.26. The summed E-state index contributed by atoms with van der Waals surface area (Å²) in [5.41, 5.74) is 0.394. The van der Waals surface area contributed by atoms with Gasteiger partial charge in [-0.1, -0.05) is 28.9 Å². The van der Waals surface area contributed by atoms with Crippen LogP contribution < -0.4 is 0 Å². The highest BCUT2D eigenvalue weighted by Crippen LogP contribution is 2.23. The molecule has 124 valence electrons. The summed E-state index contributed by atoms with van der Waals surface area (Å²) in [6.45, 7) is 0. The molecular formula is C15H16ClFN2O3S. The molecule has 0 saturated carbocycles. The second-order valence-corrected chi connectivity index (χ2v) is 8.46. The number of halogens is 2. The first kappa shape index (κ1) is 16.4. The predicted molar refractivity (Wildman–Crippen MR) is 83.6 cm³/mol. The van der Waals surface area contributed by atoms with Crippen LogP contribution in [0.3, 0.4) is 0 Å². The van der Waals surface area contributed by atoms with E-state index in [1.165, 1.54) is 6.07 Å². The molecule has 1 saturated heterocycles. The van der Waals surface area contributed by atoms with Crippen molar-refractivity contribution >= 4 is 21.4 Å². The van der Waals surface area contributed by atoms with Crippen LogP contribution in [0.2, 0.25) is 5.02 Å². The van der Waals surface area contributed by atoms with E-state index in [9.17, 15) is 12.8 Å². The van der Waals surface area contributed by atoms with Gasteiger partial charge in [-0.15, -0.1) is 0 Å². The molecule has 1 aromatic carbocycles. The van der Waals surface area contributed by atoms with E-state index in [1.54, 1.807) is 12.1 Å². The fraction of sp³-hybridized carbons (Fsp3) is 0.467. The fourth-order valence-corrected chi connectivity index (χ4v) is 4.80. The van der Waals surface area contributed by atoms with E-state index in [-0.39, 0.29) is 28.9 Å². The molecule has 1 atom stereocenters. The van der Waals surface area contributed by atoms with Crippen molar-refractivity contribution < 1.29 is 17.3 Å². The highest BCUT2D eigenvalue weighted by atomic mass is 35.5. The largest absolute Gasteiger partial charge is 0.339 e. The summed E-state index contributed by atoms with van der Waals surface area (Å²) in [6, 6.07) is 4.76. The third kappa shape index (κ3) is 4.09. The van der Waals surface area contributed by atoms with Crippen molar-refractivity contribution in [2.24, 2.45) is 5.92 Å². The molecule has 3 rings (SSSR count). The van der Waals surface area contributed by atoms with E-state index in [2.05, 4.69) is 10.1 Å². The third-order valence-corrected chi connectivity index (χ3v) is 6.09. The van der Waals surface area contributed by atoms with Crippen LogP contribution in [-0.2, 0) is 22.7 Å². The number of hydrogen-bond acceptors (Lipinski definition) is 5. The first-order valence-corrected chi connectivity index (χ1v) is 9.57. The van der Waals surface area contributed by atoms with Gasteiger partial charge in [0.25, 0.3) is 0 Å². The maximum Gasteiger partial charge on any atom is 0.226 e. The Bertz CT molecular complexity index is 807. The summed E-state index contributed by atoms with van der Waals surface area (Å²) in [7, 11) is -2.96. The Morgan fingerprint density at radius 3 is 3.00 bits per heavy atom. The molecule has 23 heavy (non-hydrogen) atoms. The van der Waals surface area contributed by atoms with Gasteiger partial charge in [0.1, 0.15) is 5.82 Å². The summed E-state index contributed by atoms with van der Waals surface area (Å²) < 4.78 is 42.3. The van der Waals surface area contributed by atoms with Crippen molar-refractivity contribution in [3.05, 3.63) is 46.3 Å². The summed E-state index contributed by atoms with van der Waals surface area (Å²) in [6.07, 6.45) is 2.12. The number of aromatic nitrogens is 2. The molecular weight excluding hydrogens is 343 g/mol. The molecule has 8 heteroatoms. The monoisotopic (exact) mass is 358 g/mol. The highest BCUT2D eigenvalue weighted by molar-refractivity contribution is 7.91. The van der Waals surface area contributed by atoms with Crippen molar-refractivity contribution in [2.75, 3.05) is 11.5 Å². The van der Waals surface area contributed by atoms with Gasteiger partial charge in [-0.2, -0.15) is 4.98 Å². The van der Waals surface area contributed by atoms with Crippen LogP contribution in [0.4, 0.5) is 4.39 Å². The lowest BCUT2D eigenvalue weighted by Gasteiger charge is -2.19. The summed E-state index contributed by atoms with van der Waals surface area (Å²) >= 11 is 5.74. The van der Waals surface area contributed by atoms with Crippen LogP contribution in [-0.4, -0.2) is 30.1 Å². The minimum absolute atomic E-state index is 0.00459. The molecule has 0 amide bonds. The lowest BCUT2D eigenvalue weighted by Crippen LogP contribution is -2.26. The van der Waals surface area contributed by atoms with Crippen LogP contribution in [0.1, 0.15) is 30.1 Å². The third-order valence-electron chi connectivity index (χ3n) is 3.91. The van der Waals surface area contributed by atoms with Gasteiger partial charge < -0.3 is 4.52 Å². The topological polar surface area (TPSA) is 73.1 Å². The van der Waals surface area contributed by atoms with Crippen molar-refractivity contribution in [1.82, 2.24) is 10.1 Å². The number of benzene rings is 1. The van der Waals surface area contributed by atoms with Crippen LogP contribution in [0, 0.1) is 11.7 Å². The standard InChI is InChI=1S/C15H16ClFN2O3S/c16-12-5-1-4-11(15(12)17)8-13-18-14(22-19-13)7-10-3-2-6-23(20,21)9-10/h1,4-5,10H,2-3,6-9H2. The minimum atomic E-state index is -2.96. The molecule has 5 nitrogen and oxygen atoms in total. The van der Waals surface area contributed by atoms with Crippen LogP contribution >= 0.6 is 11.6 Å². The van der Waals surface area contributed by atoms with Gasteiger partial charge in [0, 0.05) is 12.8 Å². The van der Waals surface area contributed by atoms with Gasteiger partial charge in [-0.25, -0.2) is 12.8 Å². The molecule has 0 spiro atoms. The van der Waals surface area contributed by atoms with Crippen LogP contribution in [0.15, 0.2) is 22.7 Å². The number of rotatable bonds is 4. The van der Waals surface area contributed by atoms with E-state index in [4.69, 9.17) is 16.1 Å². The molecule has 0 N–H and O–H groups in total. The molecule has 0 radical (unpaired) electrons. The Hall–Kier alpha value is -1.47. The van der Waals surface area contributed by atoms with Gasteiger partial charge >= 0.3 is 0 Å². The van der Waals surface area contributed by atoms with Crippen molar-refractivity contribution in [1.29, 1.82) is 0 Å². The van der Waals surface area contributed by atoms with E-state index >= 15 is 0 Å². The zero-order valence-corrected chi connectivity index (χ0v) is 13.9. The molecule has 1 aliphatic heterocycles. The molecule has 1 aromatic heterocycles. The van der Waals surface area contributed by atoms with E-state index in [0.717, 1.165) is 6.42 Å². The predicted octanol–water partition coefficient (Wildman–Crippen LogP) is 2.82. The maximum absolute atomic E-state index is 13.9. The Morgan fingerprint density at radius 1 is 1.39 bits per heavy atom. The molecule has 1 unspecified atom stereocenters. The zero-order chi connectivity index (χ0) is 16.4. The number of nitrogens with zero attached hydrogens (tertiary/aromatic N) is 2. The minimum Gasteiger partial charge on any atom is -0.339 e. The Balaban J connectivity index is 1.67. The van der Waals surface area contributed by atoms with Gasteiger partial charge in [0.15, 0.2) is 15.7 Å². The Morgan fingerprint density at radius 2 is 2.22 bits per heavy atom. The number of hydrogen-bond donors (Lipinski definition) is 0. The van der Waals surface area contributed by atoms with E-state index < -0.39 is 15.7 Å². The average Bonchev–Trinajstić information content (AvgIpc) is 2.90. The fourth-order valence-electron chi connectivity index (χ4n) is 2.83. The number of sulfone groups is 1. The molecule has 1 aliphatic rings. The molecule has 2 aromatic rings. The lowest BCUT2D eigenvalue weighted by atomic mass is 10.0. The van der Waals surface area contributed by atoms with Gasteiger partial charge in [-0.05, 0) is 30.4 Å². The first-order valence-electron chi connectivity index (χ1n) is 7.38. The SMILES string of the molecule is O=S1(=O)CCCC(Cc2nc(Cc3cccc(Cl)c3F)no2)C1. The van der Waals surface area contributed by atoms with Crippen molar-refractivity contribution in [3.8, 4) is 0 Å². The smallest absolute Gasteiger partial charge is 0.226 e. The van der Waals surface area contributed by atoms with Crippen molar-refractivity contribution in [2.45, 2.75) is 25.7 Å². The van der Waals surface area contributed by atoms with Crippen LogP contribution in [0.25, 0.3) is 0 Å². The van der Waals surface area contributed by atoms with Crippen molar-refractivity contribution in [3.63, 3.8) is 0 Å². The second-order valence-electron chi connectivity index (χ2n) is 5.82. The summed E-state index contributed by atoms with van der Waals surface area (Å²) in [4.78, 5) is 4.24. The van der Waals surface area contributed by atoms with Crippen LogP contribution in [0.5, 0.6) is 0 Å². The van der Waals surface area contributed by atoms with Gasteiger partial charge in [0.2, 0.25) is 5.89 Å². The lowest BCUT2D eigenvalue weighted by molar-refractivity contribution is 0.346. The quantitative estimate of drug-likeness (QED) is 0.840. The molecule has 0 bridgehead atoms. The average molecular weight is 359 g/mol. The summed E-state index contributed by atoms with van der Waals surface area (Å²) in [5.74, 6) is 0.688. The zero-order valence-electron chi connectivity index (χ0n) is 12.3. The molecule has 2 heterocycles. The van der Waals surface area contributed by atoms with Gasteiger partial charge in [-0.3, -0.25) is 0 Å². The first-order chi connectivity index (χ1) is 10.9. The molecule has 1 fully saturated rings. The Kier molecular flexibility index (Phi) is 4.68. The molecule has 0 aliphatic carbocycles. The van der Waals surface area contributed by atoms with E-state index in [0.29, 0.717) is 30.1 Å². The Labute approximate surface area is 138 Å². The maximum atomic E-state index is 13.9. The summed E-state index contributed by atoms with van der Waals surface area (Å²) in [5, 5.41) is 3.89. The van der Waals surface area contributed by atoms with Gasteiger partial charge in [0.05, 0.1) is 16.5 Å². The van der Waals surface area contributed by atoms with E-state index in [1.807, 2.05) is 0 Å².